The topological polar surface area (TPSA) is 61.4 Å². The first-order valence-corrected chi connectivity index (χ1v) is 10.8. The van der Waals surface area contributed by atoms with Gasteiger partial charge in [-0.15, -0.1) is 10.2 Å². The molecule has 1 atom stereocenters. The average molecular weight is 396 g/mol. The van der Waals surface area contributed by atoms with Gasteiger partial charge < -0.3 is 15.1 Å². The van der Waals surface area contributed by atoms with E-state index in [-0.39, 0.29) is 11.8 Å². The molecule has 1 aliphatic rings. The SMILES string of the molecule is CCN(CC)CCNC(=O)[C@H]1CCCN(c2ccc(-c3ccccc3C)nn2)C1. The summed E-state index contributed by atoms with van der Waals surface area (Å²) in [4.78, 5) is 17.1. The second kappa shape index (κ2) is 10.3. The second-order valence-electron chi connectivity index (χ2n) is 7.69. The third kappa shape index (κ3) is 5.54. The molecule has 0 aliphatic carbocycles. The van der Waals surface area contributed by atoms with Crippen molar-refractivity contribution < 1.29 is 4.79 Å². The van der Waals surface area contributed by atoms with Gasteiger partial charge in [0, 0.05) is 31.7 Å². The maximum Gasteiger partial charge on any atom is 0.224 e. The van der Waals surface area contributed by atoms with E-state index in [0.717, 1.165) is 56.1 Å². The third-order valence-electron chi connectivity index (χ3n) is 5.81. The number of anilines is 1. The van der Waals surface area contributed by atoms with Crippen LogP contribution in [0.1, 0.15) is 32.3 Å². The number of amides is 1. The van der Waals surface area contributed by atoms with Gasteiger partial charge >= 0.3 is 0 Å². The van der Waals surface area contributed by atoms with Crippen LogP contribution in [0.25, 0.3) is 11.3 Å². The summed E-state index contributed by atoms with van der Waals surface area (Å²) in [7, 11) is 0. The van der Waals surface area contributed by atoms with Crippen LogP contribution in [0, 0.1) is 12.8 Å². The number of aromatic nitrogens is 2. The number of benzene rings is 1. The van der Waals surface area contributed by atoms with E-state index in [0.29, 0.717) is 13.1 Å². The number of nitrogens with zero attached hydrogens (tertiary/aromatic N) is 4. The van der Waals surface area contributed by atoms with Gasteiger partial charge in [-0.1, -0.05) is 38.1 Å². The van der Waals surface area contributed by atoms with Crippen LogP contribution in [-0.2, 0) is 4.79 Å². The minimum absolute atomic E-state index is 0.0123. The molecule has 0 bridgehead atoms. The molecule has 2 aromatic rings. The Labute approximate surface area is 174 Å². The number of likely N-dealkylation sites (N-methyl/N-ethyl adjacent to an activating group) is 1. The summed E-state index contributed by atoms with van der Waals surface area (Å²) in [5.74, 6) is 1.02. The highest BCUT2D eigenvalue weighted by Gasteiger charge is 2.26. The third-order valence-corrected chi connectivity index (χ3v) is 5.81. The van der Waals surface area contributed by atoms with E-state index in [1.807, 2.05) is 24.3 Å². The van der Waals surface area contributed by atoms with E-state index in [1.54, 1.807) is 0 Å². The number of carbonyl (C=O) groups excluding carboxylic acids is 1. The van der Waals surface area contributed by atoms with Gasteiger partial charge in [-0.2, -0.15) is 0 Å². The lowest BCUT2D eigenvalue weighted by Gasteiger charge is -2.32. The summed E-state index contributed by atoms with van der Waals surface area (Å²) in [6, 6.07) is 12.2. The summed E-state index contributed by atoms with van der Waals surface area (Å²) in [6.07, 6.45) is 1.93. The molecule has 1 aliphatic heterocycles. The lowest BCUT2D eigenvalue weighted by Crippen LogP contribution is -2.45. The van der Waals surface area contributed by atoms with Crippen molar-refractivity contribution in [2.75, 3.05) is 44.2 Å². The minimum Gasteiger partial charge on any atom is -0.355 e. The second-order valence-corrected chi connectivity index (χ2v) is 7.69. The summed E-state index contributed by atoms with van der Waals surface area (Å²) < 4.78 is 0. The Kier molecular flexibility index (Phi) is 7.58. The van der Waals surface area contributed by atoms with Crippen molar-refractivity contribution in [3.63, 3.8) is 0 Å². The Morgan fingerprint density at radius 2 is 1.97 bits per heavy atom. The Morgan fingerprint density at radius 3 is 2.66 bits per heavy atom. The van der Waals surface area contributed by atoms with Crippen molar-refractivity contribution in [1.29, 1.82) is 0 Å². The molecule has 1 saturated heterocycles. The highest BCUT2D eigenvalue weighted by molar-refractivity contribution is 5.79. The van der Waals surface area contributed by atoms with Crippen LogP contribution in [0.3, 0.4) is 0 Å². The standard InChI is InChI=1S/C23H33N5O/c1-4-27(5-2)16-14-24-23(29)19-10-8-15-28(17-19)22-13-12-21(25-26-22)20-11-7-6-9-18(20)3/h6-7,9,11-13,19H,4-5,8,10,14-17H2,1-3H3,(H,24,29)/t19-/m0/s1. The Hall–Kier alpha value is -2.47. The first kappa shape index (κ1) is 21.2. The highest BCUT2D eigenvalue weighted by atomic mass is 16.1. The summed E-state index contributed by atoms with van der Waals surface area (Å²) in [6.45, 7) is 11.6. The van der Waals surface area contributed by atoms with Crippen molar-refractivity contribution in [2.45, 2.75) is 33.6 Å². The molecular formula is C23H33N5O. The predicted octanol–water partition coefficient (Wildman–Crippen LogP) is 3.13. The Morgan fingerprint density at radius 1 is 1.17 bits per heavy atom. The van der Waals surface area contributed by atoms with Gasteiger partial charge in [0.05, 0.1) is 11.6 Å². The minimum atomic E-state index is 0.0123. The quantitative estimate of drug-likeness (QED) is 0.744. The number of nitrogens with one attached hydrogen (secondary N) is 1. The zero-order valence-corrected chi connectivity index (χ0v) is 17.9. The normalized spacial score (nSPS) is 16.8. The predicted molar refractivity (Wildman–Crippen MR) is 118 cm³/mol. The maximum absolute atomic E-state index is 12.6. The van der Waals surface area contributed by atoms with Crippen LogP contribution in [0.4, 0.5) is 5.82 Å². The first-order valence-electron chi connectivity index (χ1n) is 10.8. The van der Waals surface area contributed by atoms with Crippen molar-refractivity contribution in [2.24, 2.45) is 5.92 Å². The lowest BCUT2D eigenvalue weighted by atomic mass is 9.97. The van der Waals surface area contributed by atoms with Gasteiger partial charge in [0.25, 0.3) is 0 Å². The van der Waals surface area contributed by atoms with Crippen molar-refractivity contribution in [3.05, 3.63) is 42.0 Å². The molecule has 0 radical (unpaired) electrons. The van der Waals surface area contributed by atoms with E-state index in [2.05, 4.69) is 58.2 Å². The average Bonchev–Trinajstić information content (AvgIpc) is 2.77. The summed E-state index contributed by atoms with van der Waals surface area (Å²) >= 11 is 0. The zero-order valence-electron chi connectivity index (χ0n) is 17.9. The molecule has 1 fully saturated rings. The molecule has 0 spiro atoms. The van der Waals surface area contributed by atoms with Gasteiger partial charge in [0.1, 0.15) is 0 Å². The van der Waals surface area contributed by atoms with Crippen LogP contribution in [0.5, 0.6) is 0 Å². The van der Waals surface area contributed by atoms with Crippen LogP contribution in [0.2, 0.25) is 0 Å². The molecule has 156 valence electrons. The maximum atomic E-state index is 12.6. The van der Waals surface area contributed by atoms with Crippen LogP contribution in [0.15, 0.2) is 36.4 Å². The molecule has 1 aromatic heterocycles. The Balaban J connectivity index is 1.57. The number of hydrogen-bond donors (Lipinski definition) is 1. The monoisotopic (exact) mass is 395 g/mol. The molecule has 2 heterocycles. The molecule has 6 nitrogen and oxygen atoms in total. The van der Waals surface area contributed by atoms with Gasteiger partial charge in [0.2, 0.25) is 5.91 Å². The number of carbonyl (C=O) groups is 1. The fraction of sp³-hybridized carbons (Fsp3) is 0.522. The molecule has 1 N–H and O–H groups in total. The highest BCUT2D eigenvalue weighted by Crippen LogP contribution is 2.24. The van der Waals surface area contributed by atoms with Gasteiger partial charge in [-0.3, -0.25) is 4.79 Å². The summed E-state index contributed by atoms with van der Waals surface area (Å²) in [5, 5.41) is 12.0. The van der Waals surface area contributed by atoms with Crippen molar-refractivity contribution >= 4 is 11.7 Å². The number of aryl methyl sites for hydroxylation is 1. The molecule has 0 unspecified atom stereocenters. The van der Waals surface area contributed by atoms with Gasteiger partial charge in [-0.05, 0) is 50.6 Å². The van der Waals surface area contributed by atoms with Gasteiger partial charge in [0.15, 0.2) is 5.82 Å². The van der Waals surface area contributed by atoms with E-state index < -0.39 is 0 Å². The van der Waals surface area contributed by atoms with E-state index in [4.69, 9.17) is 0 Å². The summed E-state index contributed by atoms with van der Waals surface area (Å²) in [5.41, 5.74) is 3.18. The smallest absolute Gasteiger partial charge is 0.224 e. The first-order chi connectivity index (χ1) is 14.1. The zero-order chi connectivity index (χ0) is 20.6. The van der Waals surface area contributed by atoms with Crippen LogP contribution >= 0.6 is 0 Å². The number of rotatable bonds is 8. The largest absolute Gasteiger partial charge is 0.355 e. The van der Waals surface area contributed by atoms with Crippen LogP contribution < -0.4 is 10.2 Å². The Bertz CT molecular complexity index is 788. The molecule has 0 saturated carbocycles. The number of hydrogen-bond acceptors (Lipinski definition) is 5. The van der Waals surface area contributed by atoms with Crippen LogP contribution in [-0.4, -0.2) is 60.3 Å². The van der Waals surface area contributed by atoms with E-state index in [9.17, 15) is 4.79 Å². The molecule has 3 rings (SSSR count). The van der Waals surface area contributed by atoms with Gasteiger partial charge in [-0.25, -0.2) is 0 Å². The molecule has 29 heavy (non-hydrogen) atoms. The molecule has 1 amide bonds. The van der Waals surface area contributed by atoms with E-state index >= 15 is 0 Å². The molecule has 6 heteroatoms. The molecular weight excluding hydrogens is 362 g/mol. The fourth-order valence-electron chi connectivity index (χ4n) is 3.92. The molecule has 1 aromatic carbocycles. The van der Waals surface area contributed by atoms with E-state index in [1.165, 1.54) is 5.56 Å². The fourth-order valence-corrected chi connectivity index (χ4v) is 3.92. The van der Waals surface area contributed by atoms with Crippen molar-refractivity contribution in [3.8, 4) is 11.3 Å². The number of piperidine rings is 1. The lowest BCUT2D eigenvalue weighted by molar-refractivity contribution is -0.125. The van der Waals surface area contributed by atoms with Crippen molar-refractivity contribution in [1.82, 2.24) is 20.4 Å².